The lowest BCUT2D eigenvalue weighted by Crippen LogP contribution is -2.02. The van der Waals surface area contributed by atoms with Crippen LogP contribution >= 0.6 is 11.6 Å². The van der Waals surface area contributed by atoms with Crippen molar-refractivity contribution in [1.29, 1.82) is 0 Å². The zero-order valence-corrected chi connectivity index (χ0v) is 10.1. The molecule has 0 unspecified atom stereocenters. The van der Waals surface area contributed by atoms with E-state index in [1.165, 1.54) is 31.6 Å². The summed E-state index contributed by atoms with van der Waals surface area (Å²) in [6.07, 6.45) is 1.24. The van der Waals surface area contributed by atoms with Gasteiger partial charge in [0.15, 0.2) is 0 Å². The molecular formula is C12H8ClFN2O2. The Bertz CT molecular complexity index is 604. The second-order valence-electron chi connectivity index (χ2n) is 3.41. The Morgan fingerprint density at radius 1 is 1.33 bits per heavy atom. The first-order valence-electron chi connectivity index (χ1n) is 4.97. The van der Waals surface area contributed by atoms with Crippen LogP contribution in [0.25, 0.3) is 11.3 Å². The number of methoxy groups -OCH3 is 1. The van der Waals surface area contributed by atoms with Crippen molar-refractivity contribution in [2.75, 3.05) is 7.11 Å². The van der Waals surface area contributed by atoms with Crippen molar-refractivity contribution < 1.29 is 13.9 Å². The number of hydrogen-bond donors (Lipinski definition) is 0. The van der Waals surface area contributed by atoms with Crippen molar-refractivity contribution in [2.24, 2.45) is 0 Å². The van der Waals surface area contributed by atoms with Gasteiger partial charge in [-0.05, 0) is 18.2 Å². The zero-order valence-electron chi connectivity index (χ0n) is 9.35. The van der Waals surface area contributed by atoms with Crippen LogP contribution < -0.4 is 0 Å². The lowest BCUT2D eigenvalue weighted by molar-refractivity contribution is 0.0600. The average Bonchev–Trinajstić information content (AvgIpc) is 2.37. The first kappa shape index (κ1) is 12.4. The smallest absolute Gasteiger partial charge is 0.337 e. The highest BCUT2D eigenvalue weighted by Gasteiger charge is 2.12. The van der Waals surface area contributed by atoms with E-state index in [9.17, 15) is 9.18 Å². The number of ether oxygens (including phenoxy) is 1. The van der Waals surface area contributed by atoms with E-state index < -0.39 is 11.8 Å². The molecule has 18 heavy (non-hydrogen) atoms. The number of hydrogen-bond acceptors (Lipinski definition) is 4. The van der Waals surface area contributed by atoms with Crippen molar-refractivity contribution >= 4 is 17.6 Å². The lowest BCUT2D eigenvalue weighted by atomic mass is 10.1. The molecule has 0 fully saturated rings. The second-order valence-corrected chi connectivity index (χ2v) is 3.80. The molecule has 92 valence electrons. The number of aromatic nitrogens is 2. The summed E-state index contributed by atoms with van der Waals surface area (Å²) in [5, 5.41) is 0.219. The number of esters is 1. The van der Waals surface area contributed by atoms with E-state index in [2.05, 4.69) is 14.7 Å². The monoisotopic (exact) mass is 266 g/mol. The molecule has 6 heteroatoms. The van der Waals surface area contributed by atoms with Crippen LogP contribution in [0.5, 0.6) is 0 Å². The summed E-state index contributed by atoms with van der Waals surface area (Å²) in [5.41, 5.74) is 0.731. The van der Waals surface area contributed by atoms with Gasteiger partial charge in [0.1, 0.15) is 17.3 Å². The normalized spacial score (nSPS) is 10.2. The number of nitrogens with zero attached hydrogens (tertiary/aromatic N) is 2. The molecule has 0 radical (unpaired) electrons. The van der Waals surface area contributed by atoms with Crippen LogP contribution in [0.1, 0.15) is 10.4 Å². The number of benzene rings is 1. The minimum Gasteiger partial charge on any atom is -0.465 e. The van der Waals surface area contributed by atoms with E-state index in [-0.39, 0.29) is 16.3 Å². The van der Waals surface area contributed by atoms with Gasteiger partial charge in [0, 0.05) is 11.6 Å². The first-order valence-corrected chi connectivity index (χ1v) is 5.35. The van der Waals surface area contributed by atoms with Gasteiger partial charge in [0.05, 0.1) is 18.4 Å². The fourth-order valence-electron chi connectivity index (χ4n) is 1.45. The standard InChI is InChI=1S/C12H8ClFN2O2/c1-18-12(17)7-2-3-8(9(14)4-7)10-5-11(13)16-6-15-10/h2-6H,1H3. The van der Waals surface area contributed by atoms with Crippen molar-refractivity contribution in [3.63, 3.8) is 0 Å². The molecule has 0 aliphatic carbocycles. The first-order chi connectivity index (χ1) is 8.61. The van der Waals surface area contributed by atoms with Gasteiger partial charge in [-0.2, -0.15) is 0 Å². The molecule has 1 aromatic carbocycles. The highest BCUT2D eigenvalue weighted by Crippen LogP contribution is 2.23. The van der Waals surface area contributed by atoms with E-state index in [1.54, 1.807) is 0 Å². The van der Waals surface area contributed by atoms with Crippen molar-refractivity contribution in [3.05, 3.63) is 47.1 Å². The summed E-state index contributed by atoms with van der Waals surface area (Å²) in [5.74, 6) is -1.17. The van der Waals surface area contributed by atoms with Gasteiger partial charge in [0.25, 0.3) is 0 Å². The summed E-state index contributed by atoms with van der Waals surface area (Å²) in [7, 11) is 1.23. The van der Waals surface area contributed by atoms with Gasteiger partial charge in [-0.1, -0.05) is 11.6 Å². The number of carbonyl (C=O) groups excluding carboxylic acids is 1. The van der Waals surface area contributed by atoms with Gasteiger partial charge in [-0.3, -0.25) is 0 Å². The van der Waals surface area contributed by atoms with Gasteiger partial charge in [-0.15, -0.1) is 0 Å². The Morgan fingerprint density at radius 3 is 2.72 bits per heavy atom. The van der Waals surface area contributed by atoms with Gasteiger partial charge in [-0.25, -0.2) is 19.2 Å². The lowest BCUT2D eigenvalue weighted by Gasteiger charge is -2.04. The van der Waals surface area contributed by atoms with Gasteiger partial charge < -0.3 is 4.74 Å². The molecule has 0 bridgehead atoms. The summed E-state index contributed by atoms with van der Waals surface area (Å²) < 4.78 is 18.4. The van der Waals surface area contributed by atoms with Crippen molar-refractivity contribution in [3.8, 4) is 11.3 Å². The third-order valence-electron chi connectivity index (χ3n) is 2.30. The summed E-state index contributed by atoms with van der Waals surface area (Å²) in [6.45, 7) is 0. The molecule has 0 saturated heterocycles. The maximum atomic E-state index is 13.9. The summed E-state index contributed by atoms with van der Waals surface area (Å²) in [6, 6.07) is 5.44. The van der Waals surface area contributed by atoms with E-state index in [4.69, 9.17) is 11.6 Å². The van der Waals surface area contributed by atoms with Crippen molar-refractivity contribution in [1.82, 2.24) is 9.97 Å². The Labute approximate surface area is 107 Å². The van der Waals surface area contributed by atoms with E-state index in [0.29, 0.717) is 5.69 Å². The SMILES string of the molecule is COC(=O)c1ccc(-c2cc(Cl)ncn2)c(F)c1. The van der Waals surface area contributed by atoms with Crippen LogP contribution in [-0.2, 0) is 4.74 Å². The molecule has 1 heterocycles. The number of carbonyl (C=O) groups is 1. The summed E-state index contributed by atoms with van der Waals surface area (Å²) in [4.78, 5) is 18.9. The largest absolute Gasteiger partial charge is 0.465 e. The zero-order chi connectivity index (χ0) is 13.1. The Morgan fingerprint density at radius 2 is 2.11 bits per heavy atom. The molecule has 2 rings (SSSR count). The molecule has 1 aromatic heterocycles. The minimum absolute atomic E-state index is 0.138. The number of halogens is 2. The molecule has 0 aliphatic rings. The van der Waals surface area contributed by atoms with Crippen LogP contribution in [-0.4, -0.2) is 23.0 Å². The third-order valence-corrected chi connectivity index (χ3v) is 2.51. The average molecular weight is 267 g/mol. The van der Waals surface area contributed by atoms with Crippen LogP contribution in [0.3, 0.4) is 0 Å². The molecule has 0 N–H and O–H groups in total. The topological polar surface area (TPSA) is 52.1 Å². The maximum Gasteiger partial charge on any atom is 0.337 e. The Hall–Kier alpha value is -2.01. The molecule has 2 aromatic rings. The fraction of sp³-hybridized carbons (Fsp3) is 0.0833. The van der Waals surface area contributed by atoms with Crippen LogP contribution in [0.2, 0.25) is 5.15 Å². The summed E-state index contributed by atoms with van der Waals surface area (Å²) >= 11 is 5.70. The van der Waals surface area contributed by atoms with E-state index in [1.807, 2.05) is 0 Å². The molecule has 0 amide bonds. The van der Waals surface area contributed by atoms with Gasteiger partial charge >= 0.3 is 5.97 Å². The molecule has 0 atom stereocenters. The predicted octanol–water partition coefficient (Wildman–Crippen LogP) is 2.72. The van der Waals surface area contributed by atoms with Crippen LogP contribution in [0, 0.1) is 5.82 Å². The number of rotatable bonds is 2. The van der Waals surface area contributed by atoms with E-state index in [0.717, 1.165) is 6.07 Å². The molecule has 4 nitrogen and oxygen atoms in total. The highest BCUT2D eigenvalue weighted by molar-refractivity contribution is 6.29. The van der Waals surface area contributed by atoms with Crippen LogP contribution in [0.4, 0.5) is 4.39 Å². The maximum absolute atomic E-state index is 13.9. The quantitative estimate of drug-likeness (QED) is 0.619. The Balaban J connectivity index is 2.45. The third kappa shape index (κ3) is 2.46. The van der Waals surface area contributed by atoms with Crippen molar-refractivity contribution in [2.45, 2.75) is 0 Å². The second kappa shape index (κ2) is 5.10. The molecular weight excluding hydrogens is 259 g/mol. The molecule has 0 aliphatic heterocycles. The highest BCUT2D eigenvalue weighted by atomic mass is 35.5. The fourth-order valence-corrected chi connectivity index (χ4v) is 1.60. The molecule has 0 spiro atoms. The minimum atomic E-state index is -0.596. The van der Waals surface area contributed by atoms with Gasteiger partial charge in [0.2, 0.25) is 0 Å². The molecule has 0 saturated carbocycles. The predicted molar refractivity (Wildman–Crippen MR) is 63.8 cm³/mol. The van der Waals surface area contributed by atoms with E-state index >= 15 is 0 Å². The Kier molecular flexibility index (Phi) is 3.53. The van der Waals surface area contributed by atoms with Crippen LogP contribution in [0.15, 0.2) is 30.6 Å².